The maximum absolute atomic E-state index is 13.3. The van der Waals surface area contributed by atoms with Crippen molar-refractivity contribution in [3.8, 4) is 16.9 Å². The Bertz CT molecular complexity index is 1210. The zero-order valence-corrected chi connectivity index (χ0v) is 16.5. The largest absolute Gasteiger partial charge is 0.508 e. The van der Waals surface area contributed by atoms with E-state index in [1.807, 2.05) is 42.6 Å². The number of benzene rings is 2. The van der Waals surface area contributed by atoms with Crippen LogP contribution in [0, 0.1) is 0 Å². The van der Waals surface area contributed by atoms with Gasteiger partial charge in [-0.15, -0.1) is 11.3 Å². The van der Waals surface area contributed by atoms with Crippen molar-refractivity contribution in [2.45, 2.75) is 19.4 Å². The van der Waals surface area contributed by atoms with E-state index in [0.717, 1.165) is 11.1 Å². The minimum absolute atomic E-state index is 0.117. The number of carbonyl (C=O) groups is 1. The first-order valence-corrected chi connectivity index (χ1v) is 10.1. The standard InChI is InChI=1S/C22H19N3O3S/c1-2-18(20(27)24-15-8-10-16(26)11-9-15)25-13-23-21-19(22(25)28)17(12-29-21)14-6-4-3-5-7-14/h3-13,18,26H,2H2,1H3,(H,24,27). The van der Waals surface area contributed by atoms with Crippen LogP contribution in [0.4, 0.5) is 5.69 Å². The minimum Gasteiger partial charge on any atom is -0.508 e. The molecule has 0 aliphatic rings. The number of phenolic OH excluding ortho intramolecular Hbond substituents is 1. The highest BCUT2D eigenvalue weighted by Gasteiger charge is 2.22. The topological polar surface area (TPSA) is 84.2 Å². The molecule has 6 nitrogen and oxygen atoms in total. The Balaban J connectivity index is 1.73. The van der Waals surface area contributed by atoms with Crippen LogP contribution in [0.2, 0.25) is 0 Å². The van der Waals surface area contributed by atoms with Crippen molar-refractivity contribution in [1.29, 1.82) is 0 Å². The van der Waals surface area contributed by atoms with E-state index >= 15 is 0 Å². The van der Waals surface area contributed by atoms with Crippen LogP contribution in [0.1, 0.15) is 19.4 Å². The summed E-state index contributed by atoms with van der Waals surface area (Å²) >= 11 is 1.41. The quantitative estimate of drug-likeness (QED) is 0.482. The van der Waals surface area contributed by atoms with Gasteiger partial charge in [0.2, 0.25) is 5.91 Å². The average Bonchev–Trinajstić information content (AvgIpc) is 3.17. The summed E-state index contributed by atoms with van der Waals surface area (Å²) in [5, 5.41) is 14.6. The fourth-order valence-electron chi connectivity index (χ4n) is 3.28. The fraction of sp³-hybridized carbons (Fsp3) is 0.136. The van der Waals surface area contributed by atoms with E-state index in [-0.39, 0.29) is 17.2 Å². The maximum atomic E-state index is 13.3. The first-order valence-electron chi connectivity index (χ1n) is 9.22. The highest BCUT2D eigenvalue weighted by molar-refractivity contribution is 7.17. The van der Waals surface area contributed by atoms with Gasteiger partial charge in [0.1, 0.15) is 16.6 Å². The number of fused-ring (bicyclic) bond motifs is 1. The number of anilines is 1. The molecule has 0 aliphatic heterocycles. The Morgan fingerprint density at radius 2 is 1.90 bits per heavy atom. The van der Waals surface area contributed by atoms with Gasteiger partial charge < -0.3 is 10.4 Å². The molecule has 146 valence electrons. The summed E-state index contributed by atoms with van der Waals surface area (Å²) in [6.45, 7) is 1.85. The second-order valence-electron chi connectivity index (χ2n) is 6.61. The van der Waals surface area contributed by atoms with Crippen LogP contribution >= 0.6 is 11.3 Å². The molecule has 1 amide bonds. The predicted molar refractivity (Wildman–Crippen MR) is 115 cm³/mol. The first-order chi connectivity index (χ1) is 14.1. The highest BCUT2D eigenvalue weighted by atomic mass is 32.1. The molecule has 1 atom stereocenters. The molecule has 2 heterocycles. The monoisotopic (exact) mass is 405 g/mol. The molecule has 7 heteroatoms. The summed E-state index contributed by atoms with van der Waals surface area (Å²) in [6.07, 6.45) is 1.88. The van der Waals surface area contributed by atoms with Gasteiger partial charge in [-0.3, -0.25) is 14.2 Å². The molecule has 0 saturated carbocycles. The van der Waals surface area contributed by atoms with E-state index in [9.17, 15) is 14.7 Å². The highest BCUT2D eigenvalue weighted by Crippen LogP contribution is 2.30. The lowest BCUT2D eigenvalue weighted by molar-refractivity contribution is -0.119. The Morgan fingerprint density at radius 3 is 2.59 bits per heavy atom. The third-order valence-corrected chi connectivity index (χ3v) is 5.65. The Kier molecular flexibility index (Phi) is 5.14. The zero-order chi connectivity index (χ0) is 20.4. The average molecular weight is 405 g/mol. The molecule has 2 aromatic carbocycles. The number of thiophene rings is 1. The summed E-state index contributed by atoms with van der Waals surface area (Å²) in [5.41, 5.74) is 2.08. The van der Waals surface area contributed by atoms with E-state index in [1.54, 1.807) is 12.1 Å². The molecule has 2 N–H and O–H groups in total. The molecule has 0 aliphatic carbocycles. The van der Waals surface area contributed by atoms with E-state index in [0.29, 0.717) is 22.3 Å². The van der Waals surface area contributed by atoms with Crippen molar-refractivity contribution in [2.75, 3.05) is 5.32 Å². The van der Waals surface area contributed by atoms with Gasteiger partial charge in [0.05, 0.1) is 11.7 Å². The molecule has 29 heavy (non-hydrogen) atoms. The zero-order valence-electron chi connectivity index (χ0n) is 15.7. The second-order valence-corrected chi connectivity index (χ2v) is 7.47. The van der Waals surface area contributed by atoms with Gasteiger partial charge in [0, 0.05) is 16.6 Å². The summed E-state index contributed by atoms with van der Waals surface area (Å²) < 4.78 is 1.40. The number of aromatic hydroxyl groups is 1. The summed E-state index contributed by atoms with van der Waals surface area (Å²) in [7, 11) is 0. The second kappa shape index (κ2) is 7.89. The Labute approximate surface area is 171 Å². The van der Waals surface area contributed by atoms with E-state index in [4.69, 9.17) is 0 Å². The maximum Gasteiger partial charge on any atom is 0.263 e. The molecule has 4 aromatic rings. The molecule has 2 aromatic heterocycles. The van der Waals surface area contributed by atoms with E-state index in [2.05, 4.69) is 10.3 Å². The van der Waals surface area contributed by atoms with Crippen molar-refractivity contribution in [3.63, 3.8) is 0 Å². The number of hydrogen-bond acceptors (Lipinski definition) is 5. The number of nitrogens with one attached hydrogen (secondary N) is 1. The van der Waals surface area contributed by atoms with Gasteiger partial charge in [0.15, 0.2) is 0 Å². The number of rotatable bonds is 5. The van der Waals surface area contributed by atoms with Gasteiger partial charge in [-0.1, -0.05) is 37.3 Å². The van der Waals surface area contributed by atoms with Crippen LogP contribution in [-0.4, -0.2) is 20.6 Å². The normalized spacial score (nSPS) is 12.0. The lowest BCUT2D eigenvalue weighted by Crippen LogP contribution is -2.33. The molecule has 0 fully saturated rings. The first kappa shape index (κ1) is 18.9. The number of phenols is 1. The number of nitrogens with zero attached hydrogens (tertiary/aromatic N) is 2. The molecule has 4 rings (SSSR count). The number of amides is 1. The van der Waals surface area contributed by atoms with Crippen molar-refractivity contribution in [3.05, 3.63) is 76.7 Å². The van der Waals surface area contributed by atoms with Gasteiger partial charge in [-0.05, 0) is 36.2 Å². The summed E-state index contributed by atoms with van der Waals surface area (Å²) in [5.74, 6) is -0.190. The predicted octanol–water partition coefficient (Wildman–Crippen LogP) is 4.42. The van der Waals surface area contributed by atoms with E-state index < -0.39 is 6.04 Å². The van der Waals surface area contributed by atoms with Crippen molar-refractivity contribution in [2.24, 2.45) is 0 Å². The third kappa shape index (κ3) is 3.64. The van der Waals surface area contributed by atoms with Crippen molar-refractivity contribution in [1.82, 2.24) is 9.55 Å². The Hall–Kier alpha value is -3.45. The lowest BCUT2D eigenvalue weighted by Gasteiger charge is -2.18. The Morgan fingerprint density at radius 1 is 1.17 bits per heavy atom. The van der Waals surface area contributed by atoms with Crippen molar-refractivity contribution < 1.29 is 9.90 Å². The van der Waals surface area contributed by atoms with Gasteiger partial charge in [-0.25, -0.2) is 4.98 Å². The molecular weight excluding hydrogens is 386 g/mol. The summed E-state index contributed by atoms with van der Waals surface area (Å²) in [6, 6.07) is 15.2. The third-order valence-electron chi connectivity index (χ3n) is 4.76. The molecule has 0 spiro atoms. The van der Waals surface area contributed by atoms with Gasteiger partial charge >= 0.3 is 0 Å². The van der Waals surface area contributed by atoms with Crippen LogP contribution in [0.3, 0.4) is 0 Å². The SMILES string of the molecule is CCC(C(=O)Nc1ccc(O)cc1)n1cnc2scc(-c3ccccc3)c2c1=O. The summed E-state index contributed by atoms with van der Waals surface area (Å²) in [4.78, 5) is 31.2. The number of carbonyl (C=O) groups excluding carboxylic acids is 1. The van der Waals surface area contributed by atoms with Crippen LogP contribution in [0.25, 0.3) is 21.3 Å². The molecule has 1 unspecified atom stereocenters. The van der Waals surface area contributed by atoms with Crippen molar-refractivity contribution >= 4 is 33.1 Å². The minimum atomic E-state index is -0.697. The number of hydrogen-bond donors (Lipinski definition) is 2. The molecule has 0 radical (unpaired) electrons. The lowest BCUT2D eigenvalue weighted by atomic mass is 10.1. The fourth-order valence-corrected chi connectivity index (χ4v) is 4.18. The molecular formula is C22H19N3O3S. The number of aromatic nitrogens is 2. The van der Waals surface area contributed by atoms with Gasteiger partial charge in [-0.2, -0.15) is 0 Å². The molecule has 0 saturated heterocycles. The van der Waals surface area contributed by atoms with Crippen LogP contribution in [0.5, 0.6) is 5.75 Å². The van der Waals surface area contributed by atoms with Crippen LogP contribution in [0.15, 0.2) is 71.1 Å². The van der Waals surface area contributed by atoms with Gasteiger partial charge in [0.25, 0.3) is 5.56 Å². The molecule has 0 bridgehead atoms. The smallest absolute Gasteiger partial charge is 0.263 e. The van der Waals surface area contributed by atoms with Crippen LogP contribution < -0.4 is 10.9 Å². The van der Waals surface area contributed by atoms with E-state index in [1.165, 1.54) is 34.4 Å². The van der Waals surface area contributed by atoms with Crippen LogP contribution in [-0.2, 0) is 4.79 Å².